The van der Waals surface area contributed by atoms with E-state index in [9.17, 15) is 4.79 Å². The van der Waals surface area contributed by atoms with Gasteiger partial charge in [0.2, 0.25) is 0 Å². The number of nitrogens with zero attached hydrogens (tertiary/aromatic N) is 2. The molecule has 0 atom stereocenters. The normalized spacial score (nSPS) is 11.1. The van der Waals surface area contributed by atoms with E-state index in [4.69, 9.17) is 0 Å². The number of aldehydes is 1. The Morgan fingerprint density at radius 1 is 1.00 bits per heavy atom. The predicted octanol–water partition coefficient (Wildman–Crippen LogP) is 4.99. The van der Waals surface area contributed by atoms with Gasteiger partial charge in [0.1, 0.15) is 0 Å². The Hall–Kier alpha value is -1.64. The first-order chi connectivity index (χ1) is 10.4. The van der Waals surface area contributed by atoms with Gasteiger partial charge < -0.3 is 4.57 Å². The summed E-state index contributed by atoms with van der Waals surface area (Å²) in [6.45, 7) is 3.14. The second kappa shape index (κ2) is 8.60. The van der Waals surface area contributed by atoms with Crippen molar-refractivity contribution < 1.29 is 4.79 Å². The zero-order valence-corrected chi connectivity index (χ0v) is 13.1. The second-order valence-corrected chi connectivity index (χ2v) is 5.70. The first-order valence-corrected chi connectivity index (χ1v) is 8.27. The Kier molecular flexibility index (Phi) is 6.45. The van der Waals surface area contributed by atoms with Gasteiger partial charge in [-0.2, -0.15) is 0 Å². The summed E-state index contributed by atoms with van der Waals surface area (Å²) in [7, 11) is 0. The van der Waals surface area contributed by atoms with Gasteiger partial charge in [-0.05, 0) is 18.6 Å². The fourth-order valence-electron chi connectivity index (χ4n) is 2.82. The lowest BCUT2D eigenvalue weighted by molar-refractivity contribution is 0.111. The molecule has 0 amide bonds. The van der Waals surface area contributed by atoms with Gasteiger partial charge in [0.25, 0.3) is 0 Å². The topological polar surface area (TPSA) is 34.9 Å². The summed E-state index contributed by atoms with van der Waals surface area (Å²) in [5.41, 5.74) is 1.99. The molecule has 1 aromatic carbocycles. The Labute approximate surface area is 127 Å². The summed E-state index contributed by atoms with van der Waals surface area (Å²) in [6, 6.07) is 7.97. The van der Waals surface area contributed by atoms with Crippen LogP contribution in [-0.4, -0.2) is 15.8 Å². The summed E-state index contributed by atoms with van der Waals surface area (Å²) in [5, 5.41) is 0. The third-order valence-corrected chi connectivity index (χ3v) is 4.02. The molecule has 1 aromatic heterocycles. The van der Waals surface area contributed by atoms with Crippen LogP contribution < -0.4 is 0 Å². The van der Waals surface area contributed by atoms with Crippen LogP contribution >= 0.6 is 0 Å². The van der Waals surface area contributed by atoms with Gasteiger partial charge >= 0.3 is 0 Å². The van der Waals surface area contributed by atoms with Crippen molar-refractivity contribution >= 4 is 17.3 Å². The van der Waals surface area contributed by atoms with Crippen molar-refractivity contribution in [1.29, 1.82) is 0 Å². The summed E-state index contributed by atoms with van der Waals surface area (Å²) in [5.74, 6) is 0.555. The molecular weight excluding hydrogens is 260 g/mol. The first kappa shape index (κ1) is 15.7. The van der Waals surface area contributed by atoms with E-state index in [1.54, 1.807) is 0 Å². The number of carbonyl (C=O) groups excluding carboxylic acids is 1. The van der Waals surface area contributed by atoms with Gasteiger partial charge in [0, 0.05) is 6.54 Å². The lowest BCUT2D eigenvalue weighted by Crippen LogP contribution is -2.03. The highest BCUT2D eigenvalue weighted by Crippen LogP contribution is 2.16. The van der Waals surface area contributed by atoms with Crippen LogP contribution in [0, 0.1) is 0 Å². The Bertz CT molecular complexity index is 559. The van der Waals surface area contributed by atoms with Gasteiger partial charge in [-0.1, -0.05) is 64.0 Å². The number of unbranched alkanes of at least 4 members (excludes halogenated alkanes) is 7. The molecule has 0 fully saturated rings. The number of carbonyl (C=O) groups is 1. The molecule has 0 unspecified atom stereocenters. The van der Waals surface area contributed by atoms with Crippen LogP contribution in [0.1, 0.15) is 68.9 Å². The molecule has 2 rings (SSSR count). The number of hydrogen-bond donors (Lipinski definition) is 0. The smallest absolute Gasteiger partial charge is 0.185 e. The maximum absolute atomic E-state index is 11.1. The van der Waals surface area contributed by atoms with Crippen LogP contribution in [0.15, 0.2) is 24.3 Å². The van der Waals surface area contributed by atoms with E-state index >= 15 is 0 Å². The molecule has 2 aromatic rings. The molecule has 0 spiro atoms. The summed E-state index contributed by atoms with van der Waals surface area (Å²) < 4.78 is 2.05. The van der Waals surface area contributed by atoms with E-state index in [1.165, 1.54) is 44.9 Å². The average Bonchev–Trinajstić information content (AvgIpc) is 2.88. The molecule has 3 heteroatoms. The number of imidazole rings is 1. The molecule has 0 aliphatic rings. The van der Waals surface area contributed by atoms with Gasteiger partial charge in [-0.15, -0.1) is 0 Å². The maximum Gasteiger partial charge on any atom is 0.185 e. The standard InChI is InChI=1S/C18H26N2O/c1-2-3-4-5-6-7-8-11-14-20-17-13-10-9-12-16(17)19-18(20)15-21/h9-10,12-13,15H,2-8,11,14H2,1H3. The molecule has 0 radical (unpaired) electrons. The zero-order chi connectivity index (χ0) is 14.9. The molecular formula is C18H26N2O. The molecule has 3 nitrogen and oxygen atoms in total. The number of aromatic nitrogens is 2. The number of hydrogen-bond acceptors (Lipinski definition) is 2. The van der Waals surface area contributed by atoms with E-state index in [0.717, 1.165) is 30.3 Å². The van der Waals surface area contributed by atoms with Crippen LogP contribution in [-0.2, 0) is 6.54 Å². The van der Waals surface area contributed by atoms with Crippen molar-refractivity contribution in [3.63, 3.8) is 0 Å². The molecule has 21 heavy (non-hydrogen) atoms. The van der Waals surface area contributed by atoms with Crippen LogP contribution in [0.4, 0.5) is 0 Å². The molecule has 0 aliphatic carbocycles. The molecule has 0 saturated carbocycles. The van der Waals surface area contributed by atoms with E-state index in [0.29, 0.717) is 5.82 Å². The second-order valence-electron chi connectivity index (χ2n) is 5.70. The van der Waals surface area contributed by atoms with Crippen molar-refractivity contribution in [2.45, 2.75) is 64.8 Å². The molecule has 0 aliphatic heterocycles. The monoisotopic (exact) mass is 286 g/mol. The number of para-hydroxylation sites is 2. The van der Waals surface area contributed by atoms with E-state index in [-0.39, 0.29) is 0 Å². The van der Waals surface area contributed by atoms with Crippen molar-refractivity contribution in [3.05, 3.63) is 30.1 Å². The van der Waals surface area contributed by atoms with Crippen molar-refractivity contribution in [2.75, 3.05) is 0 Å². The van der Waals surface area contributed by atoms with Crippen molar-refractivity contribution in [3.8, 4) is 0 Å². The lowest BCUT2D eigenvalue weighted by atomic mass is 10.1. The third kappa shape index (κ3) is 4.42. The van der Waals surface area contributed by atoms with Crippen LogP contribution in [0.3, 0.4) is 0 Å². The highest BCUT2D eigenvalue weighted by Gasteiger charge is 2.08. The minimum atomic E-state index is 0.555. The van der Waals surface area contributed by atoms with E-state index in [2.05, 4.69) is 16.5 Å². The fraction of sp³-hybridized carbons (Fsp3) is 0.556. The number of aryl methyl sites for hydroxylation is 1. The Morgan fingerprint density at radius 3 is 2.38 bits per heavy atom. The third-order valence-electron chi connectivity index (χ3n) is 4.02. The SMILES string of the molecule is CCCCCCCCCCn1c(C=O)nc2ccccc21. The first-order valence-electron chi connectivity index (χ1n) is 8.27. The van der Waals surface area contributed by atoms with Crippen LogP contribution in [0.25, 0.3) is 11.0 Å². The molecule has 0 bridgehead atoms. The van der Waals surface area contributed by atoms with Gasteiger partial charge in [0.05, 0.1) is 11.0 Å². The molecule has 114 valence electrons. The summed E-state index contributed by atoms with van der Waals surface area (Å²) >= 11 is 0. The van der Waals surface area contributed by atoms with Gasteiger partial charge in [-0.25, -0.2) is 4.98 Å². The predicted molar refractivity (Wildman–Crippen MR) is 87.7 cm³/mol. The van der Waals surface area contributed by atoms with Gasteiger partial charge in [-0.3, -0.25) is 4.79 Å². The highest BCUT2D eigenvalue weighted by atomic mass is 16.1. The molecule has 0 saturated heterocycles. The van der Waals surface area contributed by atoms with E-state index in [1.807, 2.05) is 24.3 Å². The quantitative estimate of drug-likeness (QED) is 0.455. The van der Waals surface area contributed by atoms with Crippen LogP contribution in [0.2, 0.25) is 0 Å². The number of benzene rings is 1. The Balaban J connectivity index is 1.79. The zero-order valence-electron chi connectivity index (χ0n) is 13.1. The maximum atomic E-state index is 11.1. The van der Waals surface area contributed by atoms with E-state index < -0.39 is 0 Å². The van der Waals surface area contributed by atoms with Gasteiger partial charge in [0.15, 0.2) is 12.1 Å². The largest absolute Gasteiger partial charge is 0.322 e. The Morgan fingerprint density at radius 2 is 1.67 bits per heavy atom. The average molecular weight is 286 g/mol. The van der Waals surface area contributed by atoms with Crippen molar-refractivity contribution in [1.82, 2.24) is 9.55 Å². The van der Waals surface area contributed by atoms with Crippen molar-refractivity contribution in [2.24, 2.45) is 0 Å². The van der Waals surface area contributed by atoms with Crippen LogP contribution in [0.5, 0.6) is 0 Å². The summed E-state index contributed by atoms with van der Waals surface area (Å²) in [4.78, 5) is 15.5. The molecule has 1 heterocycles. The number of fused-ring (bicyclic) bond motifs is 1. The fourth-order valence-corrected chi connectivity index (χ4v) is 2.82. The number of rotatable bonds is 10. The summed E-state index contributed by atoms with van der Waals surface area (Å²) in [6.07, 6.45) is 11.3. The minimum Gasteiger partial charge on any atom is -0.322 e. The molecule has 0 N–H and O–H groups in total. The lowest BCUT2D eigenvalue weighted by Gasteiger charge is -2.06. The minimum absolute atomic E-state index is 0.555. The highest BCUT2D eigenvalue weighted by molar-refractivity contribution is 5.82.